The first-order chi connectivity index (χ1) is 14.0. The standard InChI is InChI=1S/C23H15ClFNO3/c24-21-12-15(10-19(13-26)17-5-7-20(25)8-6-17)4-9-22(21)29-14-16-2-1-3-18(11-16)23(27)28/h1-12H,14H2,(H,27,28). The van der Waals surface area contributed by atoms with Gasteiger partial charge in [-0.05, 0) is 59.2 Å². The van der Waals surface area contributed by atoms with Crippen LogP contribution in [0.25, 0.3) is 11.6 Å². The van der Waals surface area contributed by atoms with E-state index in [1.807, 2.05) is 0 Å². The van der Waals surface area contributed by atoms with E-state index in [9.17, 15) is 14.4 Å². The van der Waals surface area contributed by atoms with Crippen molar-refractivity contribution >= 4 is 29.2 Å². The maximum absolute atomic E-state index is 13.1. The van der Waals surface area contributed by atoms with Crippen molar-refractivity contribution in [3.8, 4) is 11.8 Å². The van der Waals surface area contributed by atoms with Gasteiger partial charge in [-0.3, -0.25) is 0 Å². The average molecular weight is 408 g/mol. The van der Waals surface area contributed by atoms with E-state index in [2.05, 4.69) is 6.07 Å². The Hall–Kier alpha value is -3.62. The minimum absolute atomic E-state index is 0.162. The average Bonchev–Trinajstić information content (AvgIpc) is 2.72. The minimum atomic E-state index is -1.00. The highest BCUT2D eigenvalue weighted by atomic mass is 35.5. The molecule has 4 nitrogen and oxygen atoms in total. The summed E-state index contributed by atoms with van der Waals surface area (Å²) in [5.41, 5.74) is 2.55. The molecule has 0 fully saturated rings. The molecule has 0 amide bonds. The number of nitrogens with zero attached hydrogens (tertiary/aromatic N) is 1. The van der Waals surface area contributed by atoms with Gasteiger partial charge in [0.25, 0.3) is 0 Å². The quantitative estimate of drug-likeness (QED) is 0.413. The maximum atomic E-state index is 13.1. The summed E-state index contributed by atoms with van der Waals surface area (Å²) < 4.78 is 18.8. The molecule has 29 heavy (non-hydrogen) atoms. The van der Waals surface area contributed by atoms with E-state index in [4.69, 9.17) is 21.4 Å². The topological polar surface area (TPSA) is 70.3 Å². The number of nitriles is 1. The number of hydrogen-bond acceptors (Lipinski definition) is 3. The molecule has 144 valence electrons. The summed E-state index contributed by atoms with van der Waals surface area (Å²) >= 11 is 6.29. The molecule has 0 saturated carbocycles. The van der Waals surface area contributed by atoms with E-state index >= 15 is 0 Å². The lowest BCUT2D eigenvalue weighted by atomic mass is 10.0. The summed E-state index contributed by atoms with van der Waals surface area (Å²) in [6, 6.07) is 19.3. The Bertz CT molecular complexity index is 1120. The Labute approximate surface area is 172 Å². The Kier molecular flexibility index (Phi) is 6.28. The van der Waals surface area contributed by atoms with Crippen molar-refractivity contribution in [1.82, 2.24) is 0 Å². The van der Waals surface area contributed by atoms with Gasteiger partial charge in [0.2, 0.25) is 0 Å². The number of carbonyl (C=O) groups is 1. The fourth-order valence-electron chi connectivity index (χ4n) is 2.66. The first-order valence-electron chi connectivity index (χ1n) is 8.58. The Morgan fingerprint density at radius 2 is 1.86 bits per heavy atom. The third kappa shape index (κ3) is 5.22. The van der Waals surface area contributed by atoms with Crippen LogP contribution in [0.1, 0.15) is 27.0 Å². The monoisotopic (exact) mass is 407 g/mol. The Balaban J connectivity index is 1.76. The van der Waals surface area contributed by atoms with Gasteiger partial charge in [-0.2, -0.15) is 5.26 Å². The van der Waals surface area contributed by atoms with Crippen LogP contribution in [-0.4, -0.2) is 11.1 Å². The molecule has 1 N–H and O–H groups in total. The molecule has 3 aromatic rings. The summed E-state index contributed by atoms with van der Waals surface area (Å²) in [6.45, 7) is 0.162. The van der Waals surface area contributed by atoms with Gasteiger partial charge in [0.15, 0.2) is 0 Å². The van der Waals surface area contributed by atoms with Crippen LogP contribution in [0.15, 0.2) is 66.7 Å². The number of allylic oxidation sites excluding steroid dienone is 1. The highest BCUT2D eigenvalue weighted by Crippen LogP contribution is 2.28. The molecule has 0 atom stereocenters. The zero-order valence-corrected chi connectivity index (χ0v) is 15.9. The molecule has 3 aromatic carbocycles. The van der Waals surface area contributed by atoms with Crippen molar-refractivity contribution in [1.29, 1.82) is 5.26 Å². The van der Waals surface area contributed by atoms with Crippen LogP contribution in [0.3, 0.4) is 0 Å². The highest BCUT2D eigenvalue weighted by Gasteiger charge is 2.07. The highest BCUT2D eigenvalue weighted by molar-refractivity contribution is 6.32. The van der Waals surface area contributed by atoms with Crippen LogP contribution in [0.5, 0.6) is 5.75 Å². The lowest BCUT2D eigenvalue weighted by Crippen LogP contribution is -2.00. The van der Waals surface area contributed by atoms with Crippen LogP contribution >= 0.6 is 11.6 Å². The summed E-state index contributed by atoms with van der Waals surface area (Å²) in [6.07, 6.45) is 1.65. The lowest BCUT2D eigenvalue weighted by Gasteiger charge is -2.09. The molecule has 0 unspecified atom stereocenters. The molecule has 0 aromatic heterocycles. The molecule has 0 aliphatic carbocycles. The molecule has 0 aliphatic rings. The van der Waals surface area contributed by atoms with Crippen molar-refractivity contribution in [3.05, 3.63) is 99.8 Å². The van der Waals surface area contributed by atoms with Crippen LogP contribution in [0.2, 0.25) is 5.02 Å². The largest absolute Gasteiger partial charge is 0.487 e. The number of hydrogen-bond donors (Lipinski definition) is 1. The van der Waals surface area contributed by atoms with E-state index in [-0.39, 0.29) is 18.0 Å². The third-order valence-corrected chi connectivity index (χ3v) is 4.41. The van der Waals surface area contributed by atoms with Gasteiger partial charge in [0.1, 0.15) is 18.2 Å². The van der Waals surface area contributed by atoms with Gasteiger partial charge in [0.05, 0.1) is 22.2 Å². The maximum Gasteiger partial charge on any atom is 0.335 e. The zero-order chi connectivity index (χ0) is 20.8. The van der Waals surface area contributed by atoms with E-state index < -0.39 is 5.97 Å². The SMILES string of the molecule is N#CC(=Cc1ccc(OCc2cccc(C(=O)O)c2)c(Cl)c1)c1ccc(F)cc1. The summed E-state index contributed by atoms with van der Waals surface area (Å²) in [7, 11) is 0. The Morgan fingerprint density at radius 1 is 1.10 bits per heavy atom. The molecule has 0 spiro atoms. The normalized spacial score (nSPS) is 11.0. The van der Waals surface area contributed by atoms with E-state index in [0.717, 1.165) is 0 Å². The summed E-state index contributed by atoms with van der Waals surface area (Å²) in [5, 5.41) is 18.8. The number of rotatable bonds is 6. The van der Waals surface area contributed by atoms with Crippen molar-refractivity contribution in [2.75, 3.05) is 0 Å². The zero-order valence-electron chi connectivity index (χ0n) is 15.1. The number of aromatic carboxylic acids is 1. The molecule has 0 bridgehead atoms. The smallest absolute Gasteiger partial charge is 0.335 e. The number of carboxylic acid groups (broad SMARTS) is 1. The molecule has 0 aliphatic heterocycles. The van der Waals surface area contributed by atoms with Gasteiger partial charge in [0, 0.05) is 0 Å². The number of ether oxygens (including phenoxy) is 1. The number of benzene rings is 3. The molecular formula is C23H15ClFNO3. The van der Waals surface area contributed by atoms with Gasteiger partial charge >= 0.3 is 5.97 Å². The first kappa shape index (κ1) is 20.1. The summed E-state index contributed by atoms with van der Waals surface area (Å²) in [4.78, 5) is 11.0. The minimum Gasteiger partial charge on any atom is -0.487 e. The molecule has 6 heteroatoms. The van der Waals surface area contributed by atoms with Crippen molar-refractivity contribution < 1.29 is 19.0 Å². The second kappa shape index (κ2) is 9.05. The third-order valence-electron chi connectivity index (χ3n) is 4.11. The van der Waals surface area contributed by atoms with Crippen LogP contribution in [0.4, 0.5) is 4.39 Å². The van der Waals surface area contributed by atoms with Gasteiger partial charge in [-0.25, -0.2) is 9.18 Å². The fourth-order valence-corrected chi connectivity index (χ4v) is 2.90. The van der Waals surface area contributed by atoms with Gasteiger partial charge in [-0.1, -0.05) is 41.9 Å². The first-order valence-corrected chi connectivity index (χ1v) is 8.96. The predicted octanol–water partition coefficient (Wildman–Crippen LogP) is 5.82. The number of carboxylic acids is 1. The predicted molar refractivity (Wildman–Crippen MR) is 109 cm³/mol. The van der Waals surface area contributed by atoms with E-state index in [0.29, 0.717) is 33.0 Å². The van der Waals surface area contributed by atoms with Crippen LogP contribution in [0, 0.1) is 17.1 Å². The fraction of sp³-hybridized carbons (Fsp3) is 0.0435. The summed E-state index contributed by atoms with van der Waals surface area (Å²) in [5.74, 6) is -0.940. The molecule has 3 rings (SSSR count). The Morgan fingerprint density at radius 3 is 2.52 bits per heavy atom. The van der Waals surface area contributed by atoms with Crippen molar-refractivity contribution in [2.24, 2.45) is 0 Å². The number of halogens is 2. The van der Waals surface area contributed by atoms with Gasteiger partial charge < -0.3 is 9.84 Å². The second-order valence-corrected chi connectivity index (χ2v) is 6.57. The molecule has 0 radical (unpaired) electrons. The van der Waals surface area contributed by atoms with Crippen molar-refractivity contribution in [2.45, 2.75) is 6.61 Å². The van der Waals surface area contributed by atoms with Gasteiger partial charge in [-0.15, -0.1) is 0 Å². The van der Waals surface area contributed by atoms with Crippen LogP contribution < -0.4 is 4.74 Å². The van der Waals surface area contributed by atoms with Crippen LogP contribution in [-0.2, 0) is 6.61 Å². The molecule has 0 saturated heterocycles. The van der Waals surface area contributed by atoms with Crippen molar-refractivity contribution in [3.63, 3.8) is 0 Å². The van der Waals surface area contributed by atoms with E-state index in [1.54, 1.807) is 36.4 Å². The molecule has 0 heterocycles. The second-order valence-electron chi connectivity index (χ2n) is 6.16. The molecular weight excluding hydrogens is 393 g/mol. The lowest BCUT2D eigenvalue weighted by molar-refractivity contribution is 0.0696. The van der Waals surface area contributed by atoms with E-state index in [1.165, 1.54) is 36.4 Å².